The fourth-order valence-corrected chi connectivity index (χ4v) is 7.98. The van der Waals surface area contributed by atoms with E-state index in [1.807, 2.05) is 50.2 Å². The molecule has 44 heavy (non-hydrogen) atoms. The second-order valence-electron chi connectivity index (χ2n) is 12.5. The van der Waals surface area contributed by atoms with Crippen LogP contribution in [0, 0.1) is 12.0 Å². The molecule has 0 spiro atoms. The maximum Gasteiger partial charge on any atom is 0.410 e. The lowest BCUT2D eigenvalue weighted by Gasteiger charge is -2.32. The fourth-order valence-electron chi connectivity index (χ4n) is 6.06. The predicted octanol–water partition coefficient (Wildman–Crippen LogP) is 7.10. The van der Waals surface area contributed by atoms with Crippen molar-refractivity contribution in [3.8, 4) is 17.8 Å². The molecule has 9 heteroatoms. The zero-order valence-corrected chi connectivity index (χ0v) is 26.8. The number of aryl methyl sites for hydroxylation is 1. The summed E-state index contributed by atoms with van der Waals surface area (Å²) in [5, 5.41) is -0.219. The van der Waals surface area contributed by atoms with Crippen LogP contribution in [0.1, 0.15) is 101 Å². The molecule has 0 aromatic heterocycles. The molecule has 1 aliphatic carbocycles. The van der Waals surface area contributed by atoms with E-state index in [1.54, 1.807) is 11.0 Å². The van der Waals surface area contributed by atoms with Gasteiger partial charge in [-0.2, -0.15) is 0 Å². The molecule has 0 unspecified atom stereocenters. The molecule has 5 rings (SSSR count). The van der Waals surface area contributed by atoms with Gasteiger partial charge in [0.05, 0.1) is 23.3 Å². The Morgan fingerprint density at radius 1 is 1.02 bits per heavy atom. The summed E-state index contributed by atoms with van der Waals surface area (Å²) in [6.07, 6.45) is 12.0. The number of fused-ring (bicyclic) bond motifs is 1. The van der Waals surface area contributed by atoms with E-state index in [9.17, 15) is 13.2 Å². The van der Waals surface area contributed by atoms with Gasteiger partial charge in [0.15, 0.2) is 9.84 Å². The first-order valence-electron chi connectivity index (χ1n) is 16.1. The lowest BCUT2D eigenvalue weighted by molar-refractivity contribution is -0.180. The van der Waals surface area contributed by atoms with E-state index in [1.165, 1.54) is 0 Å². The minimum Gasteiger partial charge on any atom is -0.463 e. The van der Waals surface area contributed by atoms with Crippen molar-refractivity contribution in [1.82, 2.24) is 4.90 Å². The Kier molecular flexibility index (Phi) is 10.8. The van der Waals surface area contributed by atoms with Gasteiger partial charge in [0.2, 0.25) is 5.79 Å². The van der Waals surface area contributed by atoms with Gasteiger partial charge in [-0.15, -0.1) is 0 Å². The molecule has 2 aliphatic heterocycles. The van der Waals surface area contributed by atoms with Crippen molar-refractivity contribution in [2.45, 2.75) is 113 Å². The topological polar surface area (TPSA) is 91.4 Å². The van der Waals surface area contributed by atoms with Crippen molar-refractivity contribution in [1.29, 1.82) is 0 Å². The monoisotopic (exact) mass is 623 g/mol. The smallest absolute Gasteiger partial charge is 0.410 e. The van der Waals surface area contributed by atoms with Crippen molar-refractivity contribution in [2.24, 2.45) is 0 Å². The Hall–Kier alpha value is -3.22. The maximum absolute atomic E-state index is 12.9. The molecular weight excluding hydrogens is 578 g/mol. The van der Waals surface area contributed by atoms with E-state index in [0.29, 0.717) is 37.6 Å². The summed E-state index contributed by atoms with van der Waals surface area (Å²) in [4.78, 5) is 14.7. The second-order valence-corrected chi connectivity index (χ2v) is 14.7. The molecule has 2 aromatic carbocycles. The first-order chi connectivity index (χ1) is 21.2. The third-order valence-corrected chi connectivity index (χ3v) is 10.8. The minimum absolute atomic E-state index is 0.219. The molecule has 238 valence electrons. The summed E-state index contributed by atoms with van der Waals surface area (Å²) < 4.78 is 48.5. The van der Waals surface area contributed by atoms with E-state index in [4.69, 9.17) is 18.9 Å². The number of rotatable bonds is 13. The van der Waals surface area contributed by atoms with Crippen molar-refractivity contribution in [2.75, 3.05) is 19.7 Å². The number of carbonyl (C=O) groups excluding carboxylic acids is 1. The number of benzene rings is 2. The molecule has 0 radical (unpaired) electrons. The summed E-state index contributed by atoms with van der Waals surface area (Å²) in [5.74, 6) is 3.24. The van der Waals surface area contributed by atoms with Crippen LogP contribution in [0.15, 0.2) is 47.4 Å². The van der Waals surface area contributed by atoms with Crippen LogP contribution in [0.25, 0.3) is 0 Å². The molecule has 1 atom stereocenters. The molecule has 8 nitrogen and oxygen atoms in total. The first-order valence-corrected chi connectivity index (χ1v) is 17.6. The lowest BCUT2D eigenvalue weighted by atomic mass is 10.0. The zero-order chi connectivity index (χ0) is 31.0. The van der Waals surface area contributed by atoms with Crippen LogP contribution in [0.4, 0.5) is 4.79 Å². The summed E-state index contributed by atoms with van der Waals surface area (Å²) in [6, 6.07) is 13.3. The van der Waals surface area contributed by atoms with Crippen molar-refractivity contribution < 1.29 is 32.2 Å². The van der Waals surface area contributed by atoms with Crippen LogP contribution < -0.4 is 4.74 Å². The summed E-state index contributed by atoms with van der Waals surface area (Å²) >= 11 is 0. The number of hydrogen-bond donors (Lipinski definition) is 0. The third-order valence-electron chi connectivity index (χ3n) is 8.58. The molecule has 1 amide bonds. The van der Waals surface area contributed by atoms with Crippen LogP contribution in [-0.2, 0) is 37.1 Å². The molecule has 1 saturated heterocycles. The highest BCUT2D eigenvalue weighted by Gasteiger charge is 2.34. The highest BCUT2D eigenvalue weighted by atomic mass is 32.2. The number of amides is 1. The Morgan fingerprint density at radius 3 is 2.68 bits per heavy atom. The molecule has 2 heterocycles. The normalized spacial score (nSPS) is 19.5. The molecule has 2 fully saturated rings. The van der Waals surface area contributed by atoms with Gasteiger partial charge in [-0.05, 0) is 80.3 Å². The Balaban J connectivity index is 0.917. The Morgan fingerprint density at radius 2 is 1.84 bits per heavy atom. The second kappa shape index (κ2) is 14.7. The number of ether oxygens (including phenoxy) is 4. The molecular formula is C35H45NO7S. The number of cyclic esters (lactones) is 1. The summed E-state index contributed by atoms with van der Waals surface area (Å²) in [7, 11) is -3.22. The molecule has 0 bridgehead atoms. The van der Waals surface area contributed by atoms with E-state index >= 15 is 0 Å². The van der Waals surface area contributed by atoms with Gasteiger partial charge >= 0.3 is 6.09 Å². The van der Waals surface area contributed by atoms with Gasteiger partial charge in [-0.1, -0.05) is 43.4 Å². The molecule has 2 aromatic rings. The van der Waals surface area contributed by atoms with Gasteiger partial charge < -0.3 is 23.8 Å². The average Bonchev–Trinajstić information content (AvgIpc) is 3.68. The van der Waals surface area contributed by atoms with Crippen molar-refractivity contribution in [3.05, 3.63) is 59.2 Å². The van der Waals surface area contributed by atoms with Gasteiger partial charge in [-0.3, -0.25) is 0 Å². The largest absolute Gasteiger partial charge is 0.463 e. The van der Waals surface area contributed by atoms with Crippen LogP contribution in [0.3, 0.4) is 0 Å². The number of unbranched alkanes of at least 4 members (excludes halogenated alkanes) is 4. The average molecular weight is 624 g/mol. The molecule has 3 aliphatic rings. The highest BCUT2D eigenvalue weighted by Crippen LogP contribution is 2.35. The van der Waals surface area contributed by atoms with E-state index in [0.717, 1.165) is 86.6 Å². The quantitative estimate of drug-likeness (QED) is 0.174. The van der Waals surface area contributed by atoms with Crippen molar-refractivity contribution in [3.63, 3.8) is 0 Å². The predicted molar refractivity (Wildman–Crippen MR) is 168 cm³/mol. The SMILES string of the molecule is CC1(C)OCc2cc([C@@H]3CN(CCCCCCOC#CCCCc4cccc(S(=O)(=O)C5CCCC5)c4)C(=O)O3)ccc2O1. The Bertz CT molecular complexity index is 1450. The van der Waals surface area contributed by atoms with Crippen LogP contribution in [0.5, 0.6) is 5.75 Å². The minimum atomic E-state index is -3.22. The van der Waals surface area contributed by atoms with Gasteiger partial charge in [-0.25, -0.2) is 13.2 Å². The van der Waals surface area contributed by atoms with E-state index in [2.05, 4.69) is 12.0 Å². The fraction of sp³-hybridized carbons (Fsp3) is 0.571. The summed E-state index contributed by atoms with van der Waals surface area (Å²) in [5.41, 5.74) is 2.97. The number of hydrogen-bond acceptors (Lipinski definition) is 7. The van der Waals surface area contributed by atoms with E-state index in [-0.39, 0.29) is 17.4 Å². The summed E-state index contributed by atoms with van der Waals surface area (Å²) in [6.45, 7) is 6.07. The van der Waals surface area contributed by atoms with Crippen LogP contribution in [0.2, 0.25) is 0 Å². The van der Waals surface area contributed by atoms with Gasteiger partial charge in [0.1, 0.15) is 24.6 Å². The molecule has 1 saturated carbocycles. The standard InChI is InChI=1S/C35H45NO7S/c1-35(2)41-26-29-24-28(18-19-32(29)43-35)33-25-36(34(37)42-33)20-9-3-4-10-21-40-22-11-5-6-13-27-14-12-17-31(23-27)44(38,39)30-15-7-8-16-30/h12,14,17-19,23-24,30,33H,3-10,13,15-16,20-21,25-26H2,1-2H3/t33-/m0/s1. The third kappa shape index (κ3) is 8.48. The number of nitrogens with zero attached hydrogens (tertiary/aromatic N) is 1. The van der Waals surface area contributed by atoms with Crippen LogP contribution in [-0.4, -0.2) is 50.1 Å². The lowest BCUT2D eigenvalue weighted by Crippen LogP contribution is -2.35. The number of sulfone groups is 1. The zero-order valence-electron chi connectivity index (χ0n) is 26.0. The van der Waals surface area contributed by atoms with Crippen LogP contribution >= 0.6 is 0 Å². The molecule has 0 N–H and O–H groups in total. The van der Waals surface area contributed by atoms with Gasteiger partial charge in [0.25, 0.3) is 0 Å². The van der Waals surface area contributed by atoms with Crippen molar-refractivity contribution >= 4 is 15.9 Å². The maximum atomic E-state index is 12.9. The number of carbonyl (C=O) groups is 1. The Labute approximate surface area is 262 Å². The van der Waals surface area contributed by atoms with E-state index < -0.39 is 15.6 Å². The highest BCUT2D eigenvalue weighted by molar-refractivity contribution is 7.92. The first kappa shape index (κ1) is 32.2. The van der Waals surface area contributed by atoms with Gasteiger partial charge in [0, 0.05) is 32.4 Å².